The van der Waals surface area contributed by atoms with Gasteiger partial charge >= 0.3 is 12.1 Å². The van der Waals surface area contributed by atoms with Gasteiger partial charge in [-0.2, -0.15) is 4.79 Å². The van der Waals surface area contributed by atoms with Crippen molar-refractivity contribution in [3.05, 3.63) is 30.1 Å². The average molecular weight is 162 g/mol. The third kappa shape index (κ3) is 2.32. The molecule has 0 unspecified atom stereocenters. The molecule has 1 rings (SSSR count). The van der Waals surface area contributed by atoms with Crippen LogP contribution >= 0.6 is 0 Å². The van der Waals surface area contributed by atoms with Crippen molar-refractivity contribution < 1.29 is 9.58 Å². The minimum Gasteiger partial charge on any atom is -0.361 e. The van der Waals surface area contributed by atoms with Gasteiger partial charge in [-0.05, 0) is 12.1 Å². The van der Waals surface area contributed by atoms with Crippen LogP contribution in [0.3, 0.4) is 0 Å². The van der Waals surface area contributed by atoms with Gasteiger partial charge in [-0.25, -0.2) is 0 Å². The first kappa shape index (κ1) is 8.10. The number of nitrogens with one attached hydrogen (secondary N) is 1. The number of carbonyl (C=O) groups excluding carboxylic acids is 1. The molecular formula is C7H6N4O. The van der Waals surface area contributed by atoms with E-state index in [1.54, 1.807) is 24.5 Å². The highest BCUT2D eigenvalue weighted by atomic mass is 16.1. The first-order valence-electron chi connectivity index (χ1n) is 3.21. The average Bonchev–Trinajstić information content (AvgIpc) is 2.06. The molecule has 0 saturated carbocycles. The molecule has 0 bridgehead atoms. The van der Waals surface area contributed by atoms with Crippen molar-refractivity contribution in [2.75, 3.05) is 5.32 Å². The predicted octanol–water partition coefficient (Wildman–Crippen LogP) is 0.321. The lowest BCUT2D eigenvalue weighted by Crippen LogP contribution is -2.12. The Bertz CT molecular complexity index is 315. The Labute approximate surface area is 68.7 Å². The third-order valence-corrected chi connectivity index (χ3v) is 1.12. The van der Waals surface area contributed by atoms with Crippen molar-refractivity contribution in [3.8, 4) is 0 Å². The van der Waals surface area contributed by atoms with E-state index in [0.29, 0.717) is 5.69 Å². The number of pyridine rings is 1. The maximum absolute atomic E-state index is 10.8. The zero-order valence-electron chi connectivity index (χ0n) is 6.14. The first-order valence-corrected chi connectivity index (χ1v) is 3.21. The van der Waals surface area contributed by atoms with Crippen LogP contribution in [-0.4, -0.2) is 21.9 Å². The Morgan fingerprint density at radius 2 is 2.25 bits per heavy atom. The molecule has 0 radical (unpaired) electrons. The lowest BCUT2D eigenvalue weighted by atomic mass is 10.4. The number of hydrogen-bond donors (Lipinski definition) is 1. The van der Waals surface area contributed by atoms with Gasteiger partial charge in [-0.15, -0.1) is 0 Å². The van der Waals surface area contributed by atoms with Crippen LogP contribution in [0.4, 0.5) is 5.69 Å². The molecule has 1 heterocycles. The Kier molecular flexibility index (Phi) is 2.70. The zero-order valence-corrected chi connectivity index (χ0v) is 6.14. The Balaban J connectivity index is 2.64. The van der Waals surface area contributed by atoms with E-state index >= 15 is 0 Å². The van der Waals surface area contributed by atoms with Crippen LogP contribution in [-0.2, 0) is 4.79 Å². The quantitative estimate of drug-likeness (QED) is 0.386. The van der Waals surface area contributed by atoms with Crippen LogP contribution in [0.15, 0.2) is 24.5 Å². The zero-order chi connectivity index (χ0) is 8.81. The molecule has 0 aromatic carbocycles. The largest absolute Gasteiger partial charge is 0.361 e. The van der Waals surface area contributed by atoms with Gasteiger partial charge in [0.25, 0.3) is 0 Å². The van der Waals surface area contributed by atoms with Crippen LogP contribution in [0.25, 0.3) is 5.53 Å². The van der Waals surface area contributed by atoms with Crippen LogP contribution < -0.4 is 5.32 Å². The van der Waals surface area contributed by atoms with Gasteiger partial charge in [0, 0.05) is 18.1 Å². The summed E-state index contributed by atoms with van der Waals surface area (Å²) in [4.78, 5) is 17.1. The fourth-order valence-corrected chi connectivity index (χ4v) is 0.662. The molecule has 1 aromatic heterocycles. The van der Waals surface area contributed by atoms with Gasteiger partial charge in [0.2, 0.25) is 0 Å². The van der Waals surface area contributed by atoms with Crippen molar-refractivity contribution in [3.63, 3.8) is 0 Å². The molecule has 0 fully saturated rings. The lowest BCUT2D eigenvalue weighted by Gasteiger charge is -1.96. The van der Waals surface area contributed by atoms with Gasteiger partial charge in [0.1, 0.15) is 0 Å². The van der Waals surface area contributed by atoms with Gasteiger partial charge in [-0.3, -0.25) is 9.78 Å². The summed E-state index contributed by atoms with van der Waals surface area (Å²) >= 11 is 0. The highest BCUT2D eigenvalue weighted by molar-refractivity contribution is 6.29. The molecular weight excluding hydrogens is 156 g/mol. The van der Waals surface area contributed by atoms with E-state index < -0.39 is 5.91 Å². The van der Waals surface area contributed by atoms with E-state index in [1.807, 2.05) is 0 Å². The fourth-order valence-electron chi connectivity index (χ4n) is 0.662. The summed E-state index contributed by atoms with van der Waals surface area (Å²) in [6.45, 7) is 0. The first-order chi connectivity index (χ1) is 5.83. The third-order valence-electron chi connectivity index (χ3n) is 1.12. The summed E-state index contributed by atoms with van der Waals surface area (Å²) in [6.07, 6.45) is 3.87. The molecule has 0 aliphatic heterocycles. The van der Waals surface area contributed by atoms with E-state index in [-0.39, 0.29) is 0 Å². The highest BCUT2D eigenvalue weighted by Crippen LogP contribution is 2.01. The molecule has 0 saturated heterocycles. The second-order valence-electron chi connectivity index (χ2n) is 1.97. The molecule has 1 N–H and O–H groups in total. The summed E-state index contributed by atoms with van der Waals surface area (Å²) in [5.41, 5.74) is 8.62. The smallest absolute Gasteiger partial charge is 0.344 e. The Morgan fingerprint density at radius 1 is 1.58 bits per heavy atom. The van der Waals surface area contributed by atoms with Crippen molar-refractivity contribution in [2.24, 2.45) is 0 Å². The SMILES string of the molecule is [N-]=[N+]=CC(=O)Nc1ccncc1. The second kappa shape index (κ2) is 4.00. The van der Waals surface area contributed by atoms with Gasteiger partial charge in [-0.1, -0.05) is 0 Å². The normalized spacial score (nSPS) is 8.33. The Hall–Kier alpha value is -2.00. The van der Waals surface area contributed by atoms with E-state index in [1.165, 1.54) is 0 Å². The number of aromatic nitrogens is 1. The lowest BCUT2D eigenvalue weighted by molar-refractivity contribution is -0.113. The molecule has 0 aliphatic carbocycles. The molecule has 1 amide bonds. The van der Waals surface area contributed by atoms with E-state index in [0.717, 1.165) is 6.21 Å². The summed E-state index contributed by atoms with van der Waals surface area (Å²) in [5.74, 6) is -0.483. The van der Waals surface area contributed by atoms with Crippen molar-refractivity contribution in [1.82, 2.24) is 4.98 Å². The molecule has 1 aromatic rings. The van der Waals surface area contributed by atoms with Gasteiger partial charge < -0.3 is 10.8 Å². The summed E-state index contributed by atoms with van der Waals surface area (Å²) < 4.78 is 0. The second-order valence-corrected chi connectivity index (χ2v) is 1.97. The minimum atomic E-state index is -0.483. The number of rotatable bonds is 2. The number of nitrogens with zero attached hydrogens (tertiary/aromatic N) is 3. The van der Waals surface area contributed by atoms with Crippen LogP contribution in [0, 0.1) is 0 Å². The molecule has 5 nitrogen and oxygen atoms in total. The topological polar surface area (TPSA) is 78.4 Å². The molecule has 0 atom stereocenters. The number of amides is 1. The molecule has 60 valence electrons. The van der Waals surface area contributed by atoms with E-state index in [2.05, 4.69) is 15.1 Å². The summed E-state index contributed by atoms with van der Waals surface area (Å²) in [6, 6.07) is 3.26. The monoisotopic (exact) mass is 162 g/mol. The van der Waals surface area contributed by atoms with Crippen LogP contribution in [0.5, 0.6) is 0 Å². The van der Waals surface area contributed by atoms with Crippen LogP contribution in [0.1, 0.15) is 0 Å². The van der Waals surface area contributed by atoms with E-state index in [4.69, 9.17) is 5.53 Å². The number of carbonyl (C=O) groups is 1. The predicted molar refractivity (Wildman–Crippen MR) is 42.6 cm³/mol. The summed E-state index contributed by atoms with van der Waals surface area (Å²) in [7, 11) is 0. The summed E-state index contributed by atoms with van der Waals surface area (Å²) in [5, 5.41) is 2.45. The highest BCUT2D eigenvalue weighted by Gasteiger charge is 2.00. The molecule has 0 aliphatic rings. The Morgan fingerprint density at radius 3 is 2.83 bits per heavy atom. The van der Waals surface area contributed by atoms with E-state index in [9.17, 15) is 4.79 Å². The molecule has 12 heavy (non-hydrogen) atoms. The number of hydrogen-bond acceptors (Lipinski definition) is 2. The fraction of sp³-hybridized carbons (Fsp3) is 0. The minimum absolute atomic E-state index is 0.483. The van der Waals surface area contributed by atoms with Crippen LogP contribution in [0.2, 0.25) is 0 Å². The van der Waals surface area contributed by atoms with Gasteiger partial charge in [0.05, 0.1) is 0 Å². The van der Waals surface area contributed by atoms with Crippen molar-refractivity contribution in [1.29, 1.82) is 0 Å². The standard InChI is InChI=1S/C7H6N4O/c8-10-5-7(12)11-6-1-3-9-4-2-6/h1-5H,(H,9,11,12). The molecule has 5 heteroatoms. The molecule has 0 spiro atoms. The maximum atomic E-state index is 10.8. The van der Waals surface area contributed by atoms with Gasteiger partial charge in [0.15, 0.2) is 0 Å². The van der Waals surface area contributed by atoms with Crippen molar-refractivity contribution in [2.45, 2.75) is 0 Å². The maximum Gasteiger partial charge on any atom is 0.344 e. The number of anilines is 1. The van der Waals surface area contributed by atoms with Crippen molar-refractivity contribution >= 4 is 17.8 Å².